The Morgan fingerprint density at radius 3 is 2.30 bits per heavy atom. The van der Waals surface area contributed by atoms with Crippen molar-refractivity contribution < 1.29 is 4.79 Å². The van der Waals surface area contributed by atoms with Crippen molar-refractivity contribution in [2.75, 3.05) is 11.9 Å². The summed E-state index contributed by atoms with van der Waals surface area (Å²) in [6.45, 7) is 0.560. The van der Waals surface area contributed by atoms with Crippen LogP contribution in [0.1, 0.15) is 5.56 Å². The van der Waals surface area contributed by atoms with E-state index < -0.39 is 0 Å². The van der Waals surface area contributed by atoms with Gasteiger partial charge in [-0.3, -0.25) is 0 Å². The molecule has 0 fully saturated rings. The van der Waals surface area contributed by atoms with Gasteiger partial charge in [0.05, 0.1) is 0 Å². The summed E-state index contributed by atoms with van der Waals surface area (Å²) in [5, 5.41) is 6.44. The SMILES string of the molecule is O=C(NCCc1ccccc1)Nc1cc(Cl)cc(Cl)c1. The molecule has 2 aromatic rings. The molecule has 0 saturated heterocycles. The Morgan fingerprint density at radius 2 is 1.65 bits per heavy atom. The summed E-state index contributed by atoms with van der Waals surface area (Å²) in [7, 11) is 0. The maximum atomic E-state index is 11.7. The number of halogens is 2. The van der Waals surface area contributed by atoms with Crippen molar-refractivity contribution >= 4 is 34.9 Å². The zero-order valence-corrected chi connectivity index (χ0v) is 12.2. The predicted octanol–water partition coefficient (Wildman–Crippen LogP) is 4.36. The van der Waals surface area contributed by atoms with Gasteiger partial charge in [-0.1, -0.05) is 53.5 Å². The number of carbonyl (C=O) groups excluding carboxylic acids is 1. The number of hydrogen-bond donors (Lipinski definition) is 2. The maximum absolute atomic E-state index is 11.7. The third kappa shape index (κ3) is 4.76. The van der Waals surface area contributed by atoms with Crippen LogP contribution in [0.25, 0.3) is 0 Å². The average molecular weight is 309 g/mol. The summed E-state index contributed by atoms with van der Waals surface area (Å²) in [6, 6.07) is 14.6. The molecule has 2 aromatic carbocycles. The topological polar surface area (TPSA) is 41.1 Å². The fraction of sp³-hybridized carbons (Fsp3) is 0.133. The van der Waals surface area contributed by atoms with Crippen LogP contribution in [0.2, 0.25) is 10.0 Å². The molecule has 2 rings (SSSR count). The molecular weight excluding hydrogens is 295 g/mol. The average Bonchev–Trinajstić information content (AvgIpc) is 2.38. The molecule has 3 nitrogen and oxygen atoms in total. The van der Waals surface area contributed by atoms with E-state index in [9.17, 15) is 4.79 Å². The minimum absolute atomic E-state index is 0.278. The van der Waals surface area contributed by atoms with Gasteiger partial charge in [0.1, 0.15) is 0 Å². The lowest BCUT2D eigenvalue weighted by Crippen LogP contribution is -2.30. The van der Waals surface area contributed by atoms with E-state index in [1.165, 1.54) is 5.56 Å². The fourth-order valence-corrected chi connectivity index (χ4v) is 2.29. The summed E-state index contributed by atoms with van der Waals surface area (Å²) in [4.78, 5) is 11.7. The molecule has 0 heterocycles. The Balaban J connectivity index is 1.81. The Bertz CT molecular complexity index is 567. The highest BCUT2D eigenvalue weighted by atomic mass is 35.5. The number of urea groups is 1. The van der Waals surface area contributed by atoms with Gasteiger partial charge in [-0.15, -0.1) is 0 Å². The highest BCUT2D eigenvalue weighted by Gasteiger charge is 2.03. The molecular formula is C15H14Cl2N2O. The van der Waals surface area contributed by atoms with Gasteiger partial charge in [-0.05, 0) is 30.2 Å². The third-order valence-corrected chi connectivity index (χ3v) is 3.10. The summed E-state index contributed by atoms with van der Waals surface area (Å²) < 4.78 is 0. The molecule has 0 bridgehead atoms. The van der Waals surface area contributed by atoms with Crippen LogP contribution in [0.5, 0.6) is 0 Å². The molecule has 5 heteroatoms. The van der Waals surface area contributed by atoms with Crippen molar-refractivity contribution in [3.63, 3.8) is 0 Å². The van der Waals surface area contributed by atoms with Crippen molar-refractivity contribution in [2.45, 2.75) is 6.42 Å². The van der Waals surface area contributed by atoms with Gasteiger partial charge in [0.2, 0.25) is 0 Å². The van der Waals surface area contributed by atoms with E-state index in [1.807, 2.05) is 30.3 Å². The number of nitrogens with one attached hydrogen (secondary N) is 2. The van der Waals surface area contributed by atoms with Crippen LogP contribution < -0.4 is 10.6 Å². The highest BCUT2D eigenvalue weighted by Crippen LogP contribution is 2.22. The van der Waals surface area contributed by atoms with Crippen molar-refractivity contribution in [1.29, 1.82) is 0 Å². The molecule has 0 atom stereocenters. The van der Waals surface area contributed by atoms with Gasteiger partial charge >= 0.3 is 6.03 Å². The van der Waals surface area contributed by atoms with E-state index in [0.29, 0.717) is 22.3 Å². The summed E-state index contributed by atoms with van der Waals surface area (Å²) >= 11 is 11.7. The first kappa shape index (κ1) is 14.7. The van der Waals surface area contributed by atoms with Gasteiger partial charge in [0, 0.05) is 22.3 Å². The number of hydrogen-bond acceptors (Lipinski definition) is 1. The summed E-state index contributed by atoms with van der Waals surface area (Å²) in [5.41, 5.74) is 1.75. The Morgan fingerprint density at radius 1 is 1.00 bits per heavy atom. The zero-order valence-electron chi connectivity index (χ0n) is 10.7. The van der Waals surface area contributed by atoms with Crippen LogP contribution in [0.4, 0.5) is 10.5 Å². The smallest absolute Gasteiger partial charge is 0.319 e. The van der Waals surface area contributed by atoms with Crippen molar-refractivity contribution in [1.82, 2.24) is 5.32 Å². The normalized spacial score (nSPS) is 10.1. The van der Waals surface area contributed by atoms with Gasteiger partial charge in [0.15, 0.2) is 0 Å². The van der Waals surface area contributed by atoms with E-state index in [-0.39, 0.29) is 6.03 Å². The Hall–Kier alpha value is -1.71. The van der Waals surface area contributed by atoms with E-state index in [2.05, 4.69) is 10.6 Å². The standard InChI is InChI=1S/C15H14Cl2N2O/c16-12-8-13(17)10-14(9-12)19-15(20)18-7-6-11-4-2-1-3-5-11/h1-5,8-10H,6-7H2,(H2,18,19,20). The van der Waals surface area contributed by atoms with Gasteiger partial charge in [-0.25, -0.2) is 4.79 Å². The molecule has 20 heavy (non-hydrogen) atoms. The minimum Gasteiger partial charge on any atom is -0.338 e. The Kier molecular flexibility index (Phi) is 5.27. The van der Waals surface area contributed by atoms with Crippen molar-refractivity contribution in [3.05, 3.63) is 64.1 Å². The number of rotatable bonds is 4. The highest BCUT2D eigenvalue weighted by molar-refractivity contribution is 6.35. The van der Waals surface area contributed by atoms with Crippen molar-refractivity contribution in [3.8, 4) is 0 Å². The first-order chi connectivity index (χ1) is 9.63. The largest absolute Gasteiger partial charge is 0.338 e. The molecule has 0 spiro atoms. The fourth-order valence-electron chi connectivity index (χ4n) is 1.77. The van der Waals surface area contributed by atoms with Gasteiger partial charge in [0.25, 0.3) is 0 Å². The second-order valence-corrected chi connectivity index (χ2v) is 5.15. The lowest BCUT2D eigenvalue weighted by molar-refractivity contribution is 0.252. The molecule has 2 N–H and O–H groups in total. The lowest BCUT2D eigenvalue weighted by atomic mass is 10.1. The van der Waals surface area contributed by atoms with Crippen molar-refractivity contribution in [2.24, 2.45) is 0 Å². The number of benzene rings is 2. The quantitative estimate of drug-likeness (QED) is 0.866. The molecule has 0 aromatic heterocycles. The molecule has 0 radical (unpaired) electrons. The lowest BCUT2D eigenvalue weighted by Gasteiger charge is -2.08. The Labute approximate surface area is 127 Å². The van der Waals surface area contributed by atoms with Gasteiger partial charge in [-0.2, -0.15) is 0 Å². The summed E-state index contributed by atoms with van der Waals surface area (Å²) in [6.07, 6.45) is 0.782. The predicted molar refractivity (Wildman–Crippen MR) is 83.6 cm³/mol. The minimum atomic E-state index is -0.278. The van der Waals surface area contributed by atoms with Crippen LogP contribution >= 0.6 is 23.2 Å². The molecule has 0 aliphatic rings. The maximum Gasteiger partial charge on any atom is 0.319 e. The second-order valence-electron chi connectivity index (χ2n) is 4.27. The number of anilines is 1. The zero-order chi connectivity index (χ0) is 14.4. The van der Waals surface area contributed by atoms with Gasteiger partial charge < -0.3 is 10.6 Å². The van der Waals surface area contributed by atoms with Crippen LogP contribution in [-0.2, 0) is 6.42 Å². The van der Waals surface area contributed by atoms with E-state index >= 15 is 0 Å². The first-order valence-corrected chi connectivity index (χ1v) is 6.94. The van der Waals surface area contributed by atoms with Crippen LogP contribution in [0.15, 0.2) is 48.5 Å². The number of carbonyl (C=O) groups is 1. The first-order valence-electron chi connectivity index (χ1n) is 6.18. The van der Waals surface area contributed by atoms with Crippen LogP contribution in [0.3, 0.4) is 0 Å². The molecule has 0 saturated carbocycles. The van der Waals surface area contributed by atoms with E-state index in [1.54, 1.807) is 18.2 Å². The van der Waals surface area contributed by atoms with E-state index in [0.717, 1.165) is 6.42 Å². The monoisotopic (exact) mass is 308 g/mol. The third-order valence-electron chi connectivity index (χ3n) is 2.66. The van der Waals surface area contributed by atoms with Crippen LogP contribution in [-0.4, -0.2) is 12.6 Å². The molecule has 2 amide bonds. The molecule has 0 unspecified atom stereocenters. The molecule has 0 aliphatic carbocycles. The second kappa shape index (κ2) is 7.17. The molecule has 104 valence electrons. The van der Waals surface area contributed by atoms with E-state index in [4.69, 9.17) is 23.2 Å². The number of amides is 2. The summed E-state index contributed by atoms with van der Waals surface area (Å²) in [5.74, 6) is 0. The molecule has 0 aliphatic heterocycles. The van der Waals surface area contributed by atoms with Crippen LogP contribution in [0, 0.1) is 0 Å².